The van der Waals surface area contributed by atoms with E-state index < -0.39 is 0 Å². The molecule has 0 aromatic heterocycles. The molecule has 0 radical (unpaired) electrons. The van der Waals surface area contributed by atoms with Crippen LogP contribution in [0.4, 0.5) is 0 Å². The van der Waals surface area contributed by atoms with Crippen LogP contribution in [0, 0.1) is 5.92 Å². The van der Waals surface area contributed by atoms with E-state index in [2.05, 4.69) is 20.8 Å². The quantitative estimate of drug-likeness (QED) is 0.269. The third kappa shape index (κ3) is 6.16. The molecule has 3 unspecified atom stereocenters. The number of hydrogen-bond acceptors (Lipinski definition) is 4. The maximum atomic E-state index is 12.4. The number of hydrogen-bond donors (Lipinski definition) is 0. The lowest BCUT2D eigenvalue weighted by atomic mass is 9.96. The molecule has 0 amide bonds. The van der Waals surface area contributed by atoms with Crippen LogP contribution in [0.15, 0.2) is 48.5 Å². The summed E-state index contributed by atoms with van der Waals surface area (Å²) in [6.45, 7) is 7.21. The summed E-state index contributed by atoms with van der Waals surface area (Å²) >= 11 is 0. The molecule has 1 fully saturated rings. The fourth-order valence-corrected chi connectivity index (χ4v) is 3.80. The molecule has 1 aliphatic heterocycles. The Morgan fingerprint density at radius 3 is 2.37 bits per heavy atom. The summed E-state index contributed by atoms with van der Waals surface area (Å²) in [7, 11) is 0. The third-order valence-corrected chi connectivity index (χ3v) is 5.73. The highest BCUT2D eigenvalue weighted by Gasteiger charge is 2.29. The molecule has 4 heteroatoms. The van der Waals surface area contributed by atoms with Gasteiger partial charge in [0.2, 0.25) is 0 Å². The molecule has 30 heavy (non-hydrogen) atoms. The summed E-state index contributed by atoms with van der Waals surface area (Å²) in [6, 6.07) is 15.0. The first kappa shape index (κ1) is 22.5. The molecular weight excluding hydrogens is 376 g/mol. The molecule has 162 valence electrons. The molecule has 0 aliphatic carbocycles. The predicted octanol–water partition coefficient (Wildman–Crippen LogP) is 6.49. The number of benzene rings is 2. The van der Waals surface area contributed by atoms with E-state index in [0.29, 0.717) is 23.8 Å². The van der Waals surface area contributed by atoms with Crippen LogP contribution in [0.25, 0.3) is 0 Å². The van der Waals surface area contributed by atoms with E-state index in [9.17, 15) is 4.79 Å². The maximum absolute atomic E-state index is 12.4. The molecule has 0 spiro atoms. The number of carbonyl (C=O) groups is 1. The molecule has 1 heterocycles. The summed E-state index contributed by atoms with van der Waals surface area (Å²) in [6.07, 6.45) is 6.77. The van der Waals surface area contributed by atoms with Crippen molar-refractivity contribution in [3.8, 4) is 5.75 Å². The fourth-order valence-electron chi connectivity index (χ4n) is 3.80. The van der Waals surface area contributed by atoms with Crippen LogP contribution in [-0.4, -0.2) is 18.7 Å². The number of rotatable bonds is 9. The van der Waals surface area contributed by atoms with E-state index in [0.717, 1.165) is 24.8 Å². The number of esters is 1. The summed E-state index contributed by atoms with van der Waals surface area (Å²) in [4.78, 5) is 12.4. The highest BCUT2D eigenvalue weighted by Crippen LogP contribution is 2.31. The third-order valence-electron chi connectivity index (χ3n) is 5.73. The van der Waals surface area contributed by atoms with E-state index in [4.69, 9.17) is 14.2 Å². The molecule has 2 aromatic rings. The molecule has 1 aliphatic rings. The summed E-state index contributed by atoms with van der Waals surface area (Å²) < 4.78 is 17.6. The van der Waals surface area contributed by atoms with E-state index >= 15 is 0 Å². The van der Waals surface area contributed by atoms with Gasteiger partial charge in [-0.2, -0.15) is 0 Å². The topological polar surface area (TPSA) is 44.8 Å². The molecule has 0 saturated carbocycles. The first-order chi connectivity index (χ1) is 14.6. The highest BCUT2D eigenvalue weighted by atomic mass is 16.7. The molecule has 0 bridgehead atoms. The fraction of sp³-hybridized carbons (Fsp3) is 0.500. The highest BCUT2D eigenvalue weighted by molar-refractivity contribution is 5.91. The van der Waals surface area contributed by atoms with Crippen molar-refractivity contribution < 1.29 is 19.0 Å². The van der Waals surface area contributed by atoms with Crippen molar-refractivity contribution in [2.24, 2.45) is 5.92 Å². The van der Waals surface area contributed by atoms with Gasteiger partial charge < -0.3 is 14.2 Å². The molecule has 1 saturated heterocycles. The smallest absolute Gasteiger partial charge is 0.343 e. The minimum Gasteiger partial charge on any atom is -0.423 e. The molecule has 4 nitrogen and oxygen atoms in total. The molecule has 3 atom stereocenters. The molecular formula is C26H34O4. The first-order valence-electron chi connectivity index (χ1n) is 11.3. The van der Waals surface area contributed by atoms with E-state index in [1.807, 2.05) is 36.4 Å². The zero-order valence-corrected chi connectivity index (χ0v) is 18.4. The van der Waals surface area contributed by atoms with Crippen molar-refractivity contribution in [2.45, 2.75) is 71.7 Å². The normalized spacial score (nSPS) is 21.4. The van der Waals surface area contributed by atoms with Crippen LogP contribution >= 0.6 is 0 Å². The Morgan fingerprint density at radius 1 is 1.00 bits per heavy atom. The Bertz CT molecular complexity index is 782. The Hall–Kier alpha value is -2.17. The maximum Gasteiger partial charge on any atom is 0.343 e. The summed E-state index contributed by atoms with van der Waals surface area (Å²) in [5.74, 6) is 0.649. The van der Waals surface area contributed by atoms with Crippen LogP contribution in [0.3, 0.4) is 0 Å². The Kier molecular flexibility index (Phi) is 8.47. The predicted molar refractivity (Wildman–Crippen MR) is 119 cm³/mol. The van der Waals surface area contributed by atoms with Gasteiger partial charge >= 0.3 is 5.97 Å². The van der Waals surface area contributed by atoms with Gasteiger partial charge in [0.05, 0.1) is 18.3 Å². The molecule has 0 N–H and O–H groups in total. The Morgan fingerprint density at radius 2 is 1.73 bits per heavy atom. The van der Waals surface area contributed by atoms with Crippen molar-refractivity contribution in [2.75, 3.05) is 6.61 Å². The van der Waals surface area contributed by atoms with Gasteiger partial charge in [0.15, 0.2) is 6.29 Å². The van der Waals surface area contributed by atoms with Crippen LogP contribution in [0.2, 0.25) is 0 Å². The van der Waals surface area contributed by atoms with E-state index in [-0.39, 0.29) is 18.4 Å². The molecule has 2 aromatic carbocycles. The van der Waals surface area contributed by atoms with Crippen LogP contribution in [0.5, 0.6) is 5.75 Å². The zero-order chi connectivity index (χ0) is 21.3. The van der Waals surface area contributed by atoms with Gasteiger partial charge in [-0.15, -0.1) is 0 Å². The van der Waals surface area contributed by atoms with E-state index in [1.54, 1.807) is 12.1 Å². The van der Waals surface area contributed by atoms with Gasteiger partial charge in [-0.25, -0.2) is 4.79 Å². The number of carbonyl (C=O) groups excluding carboxylic acids is 1. The van der Waals surface area contributed by atoms with Crippen molar-refractivity contribution >= 4 is 5.97 Å². The SMILES string of the molecule is CCCCCC1COC(c2ccc(C(=O)Oc3ccc(CCC)cc3)cc2)OC1C. The second-order valence-electron chi connectivity index (χ2n) is 8.17. The average Bonchev–Trinajstić information content (AvgIpc) is 2.76. The van der Waals surface area contributed by atoms with Gasteiger partial charge in [0.1, 0.15) is 5.75 Å². The van der Waals surface area contributed by atoms with Gasteiger partial charge in [0.25, 0.3) is 0 Å². The van der Waals surface area contributed by atoms with Crippen LogP contribution in [-0.2, 0) is 15.9 Å². The lowest BCUT2D eigenvalue weighted by Gasteiger charge is -2.35. The van der Waals surface area contributed by atoms with Crippen molar-refractivity contribution in [1.29, 1.82) is 0 Å². The van der Waals surface area contributed by atoms with Crippen molar-refractivity contribution in [3.63, 3.8) is 0 Å². The Labute approximate surface area is 180 Å². The lowest BCUT2D eigenvalue weighted by molar-refractivity contribution is -0.237. The van der Waals surface area contributed by atoms with Gasteiger partial charge in [-0.1, -0.05) is 63.8 Å². The number of aryl methyl sites for hydroxylation is 1. The van der Waals surface area contributed by atoms with Crippen molar-refractivity contribution in [3.05, 3.63) is 65.2 Å². The largest absolute Gasteiger partial charge is 0.423 e. The second kappa shape index (κ2) is 11.3. The lowest BCUT2D eigenvalue weighted by Crippen LogP contribution is -2.34. The summed E-state index contributed by atoms with van der Waals surface area (Å²) in [5, 5.41) is 0. The second-order valence-corrected chi connectivity index (χ2v) is 8.17. The van der Waals surface area contributed by atoms with Gasteiger partial charge in [-0.05, 0) is 49.6 Å². The van der Waals surface area contributed by atoms with Crippen molar-refractivity contribution in [1.82, 2.24) is 0 Å². The minimum atomic E-state index is -0.376. The molecule has 3 rings (SSSR count). The monoisotopic (exact) mass is 410 g/mol. The average molecular weight is 411 g/mol. The first-order valence-corrected chi connectivity index (χ1v) is 11.3. The number of ether oxygens (including phenoxy) is 3. The minimum absolute atomic E-state index is 0.168. The summed E-state index contributed by atoms with van der Waals surface area (Å²) in [5.41, 5.74) is 2.68. The van der Waals surface area contributed by atoms with Gasteiger partial charge in [0, 0.05) is 11.5 Å². The van der Waals surface area contributed by atoms with Gasteiger partial charge in [-0.3, -0.25) is 0 Å². The van der Waals surface area contributed by atoms with Crippen LogP contribution in [0.1, 0.15) is 80.7 Å². The van der Waals surface area contributed by atoms with Crippen LogP contribution < -0.4 is 4.74 Å². The number of unbranched alkanes of at least 4 members (excludes halogenated alkanes) is 2. The van der Waals surface area contributed by atoms with E-state index in [1.165, 1.54) is 24.8 Å². The standard InChI is InChI=1S/C26H34O4/c1-4-6-7-9-23-18-28-26(29-19(23)3)22-14-12-21(13-15-22)25(27)30-24-16-10-20(8-5-2)11-17-24/h10-17,19,23,26H,4-9,18H2,1-3H3. The zero-order valence-electron chi connectivity index (χ0n) is 18.4. The Balaban J connectivity index is 1.53.